The van der Waals surface area contributed by atoms with Crippen LogP contribution >= 0.6 is 11.8 Å². The summed E-state index contributed by atoms with van der Waals surface area (Å²) >= 11 is 1.91. The second-order valence-corrected chi connectivity index (χ2v) is 8.79. The van der Waals surface area contributed by atoms with Gasteiger partial charge in [0.05, 0.1) is 18.6 Å². The first-order valence-corrected chi connectivity index (χ1v) is 10.2. The van der Waals surface area contributed by atoms with Gasteiger partial charge in [-0.1, -0.05) is 30.3 Å². The minimum absolute atomic E-state index is 0.208. The van der Waals surface area contributed by atoms with Crippen LogP contribution in [0.3, 0.4) is 0 Å². The number of Topliss-reactive ketones (excluding diaryl/α,β-unsaturated/α-hetero) is 1. The summed E-state index contributed by atoms with van der Waals surface area (Å²) in [4.78, 5) is 13.0. The molecule has 2 bridgehead atoms. The topological polar surface area (TPSA) is 26.3 Å². The lowest BCUT2D eigenvalue weighted by molar-refractivity contribution is -0.138. The Morgan fingerprint density at radius 2 is 2.12 bits per heavy atom. The van der Waals surface area contributed by atoms with E-state index in [1.807, 2.05) is 18.0 Å². The fraction of sp³-hybridized carbons (Fsp3) is 0.571. The summed E-state index contributed by atoms with van der Waals surface area (Å²) in [6.07, 6.45) is 8.84. The fourth-order valence-electron chi connectivity index (χ4n) is 5.28. The molecule has 0 radical (unpaired) electrons. The minimum Gasteiger partial charge on any atom is -0.504 e. The third kappa shape index (κ3) is 2.71. The quantitative estimate of drug-likeness (QED) is 0.721. The summed E-state index contributed by atoms with van der Waals surface area (Å²) in [7, 11) is 1.74. The van der Waals surface area contributed by atoms with E-state index in [-0.39, 0.29) is 10.7 Å². The second-order valence-electron chi connectivity index (χ2n) is 7.70. The van der Waals surface area contributed by atoms with Crippen LogP contribution in [0.5, 0.6) is 0 Å². The van der Waals surface area contributed by atoms with Gasteiger partial charge >= 0.3 is 0 Å². The molecule has 0 amide bonds. The second kappa shape index (κ2) is 6.59. The molecule has 2 nitrogen and oxygen atoms in total. The van der Waals surface area contributed by atoms with E-state index in [0.717, 1.165) is 37.9 Å². The van der Waals surface area contributed by atoms with Crippen molar-refractivity contribution in [1.82, 2.24) is 0 Å². The molecule has 0 aliphatic heterocycles. The SMILES string of the molecule is COC=C1CCC23CCC(CC2C1)C(=O)C3SCc1ccccc1. The number of hydrogen-bond donors (Lipinski definition) is 0. The highest BCUT2D eigenvalue weighted by Gasteiger charge is 2.58. The van der Waals surface area contributed by atoms with Crippen molar-refractivity contribution < 1.29 is 9.53 Å². The largest absolute Gasteiger partial charge is 0.504 e. The lowest BCUT2D eigenvalue weighted by atomic mass is 9.49. The molecule has 0 heterocycles. The molecule has 0 aromatic heterocycles. The molecular weight excluding hydrogens is 316 g/mol. The maximum atomic E-state index is 13.0. The van der Waals surface area contributed by atoms with Crippen LogP contribution in [0.2, 0.25) is 0 Å². The van der Waals surface area contributed by atoms with Gasteiger partial charge in [0, 0.05) is 11.7 Å². The van der Waals surface area contributed by atoms with Gasteiger partial charge in [-0.25, -0.2) is 0 Å². The number of allylic oxidation sites excluding steroid dienone is 1. The van der Waals surface area contributed by atoms with Crippen LogP contribution in [0.25, 0.3) is 0 Å². The number of hydrogen-bond acceptors (Lipinski definition) is 3. The summed E-state index contributed by atoms with van der Waals surface area (Å²) in [5, 5.41) is 0.208. The normalized spacial score (nSPS) is 36.6. The van der Waals surface area contributed by atoms with E-state index in [1.54, 1.807) is 7.11 Å². The molecule has 0 saturated heterocycles. The highest BCUT2D eigenvalue weighted by atomic mass is 32.2. The standard InChI is InChI=1S/C21H26O2S/c1-23-13-16-7-9-21-10-8-17(12-18(21)11-16)19(22)20(21)24-14-15-5-3-2-4-6-15/h2-6,13,17-18,20H,7-12,14H2,1H3. The van der Waals surface area contributed by atoms with Crippen LogP contribution in [0.1, 0.15) is 44.1 Å². The van der Waals surface area contributed by atoms with E-state index < -0.39 is 0 Å². The van der Waals surface area contributed by atoms with Crippen LogP contribution in [-0.4, -0.2) is 18.1 Å². The number of carbonyl (C=O) groups excluding carboxylic acids is 1. The molecule has 1 aromatic rings. The van der Waals surface area contributed by atoms with Gasteiger partial charge in [-0.15, -0.1) is 11.8 Å². The van der Waals surface area contributed by atoms with Crippen molar-refractivity contribution in [1.29, 1.82) is 0 Å². The number of ether oxygens (including phenoxy) is 1. The molecule has 24 heavy (non-hydrogen) atoms. The Bertz CT molecular complexity index is 638. The zero-order valence-corrected chi connectivity index (χ0v) is 15.2. The smallest absolute Gasteiger partial charge is 0.149 e. The van der Waals surface area contributed by atoms with Gasteiger partial charge in [-0.2, -0.15) is 0 Å². The number of methoxy groups -OCH3 is 1. The van der Waals surface area contributed by atoms with Crippen molar-refractivity contribution in [3.05, 3.63) is 47.7 Å². The molecular formula is C21H26O2S. The van der Waals surface area contributed by atoms with Crippen LogP contribution in [-0.2, 0) is 15.3 Å². The van der Waals surface area contributed by atoms with Crippen LogP contribution in [0, 0.1) is 17.3 Å². The van der Waals surface area contributed by atoms with Crippen molar-refractivity contribution in [3.8, 4) is 0 Å². The molecule has 0 N–H and O–H groups in total. The first-order valence-electron chi connectivity index (χ1n) is 9.13. The van der Waals surface area contributed by atoms with Gasteiger partial charge in [-0.3, -0.25) is 4.79 Å². The third-order valence-corrected chi connectivity index (χ3v) is 8.02. The predicted molar refractivity (Wildman–Crippen MR) is 98.7 cm³/mol. The number of ketones is 1. The Hall–Kier alpha value is -1.22. The molecule has 4 fully saturated rings. The first kappa shape index (κ1) is 16.3. The average Bonchev–Trinajstić information content (AvgIpc) is 2.62. The molecule has 5 rings (SSSR count). The van der Waals surface area contributed by atoms with E-state index in [9.17, 15) is 4.79 Å². The lowest BCUT2D eigenvalue weighted by Gasteiger charge is -2.58. The molecule has 3 heteroatoms. The average molecular weight is 343 g/mol. The molecule has 4 unspecified atom stereocenters. The van der Waals surface area contributed by atoms with Gasteiger partial charge in [0.1, 0.15) is 5.78 Å². The minimum atomic E-state index is 0.208. The maximum absolute atomic E-state index is 13.0. The molecule has 4 aliphatic carbocycles. The fourth-order valence-corrected chi connectivity index (χ4v) is 6.95. The molecule has 4 atom stereocenters. The van der Waals surface area contributed by atoms with E-state index in [1.165, 1.54) is 17.6 Å². The van der Waals surface area contributed by atoms with E-state index in [2.05, 4.69) is 30.3 Å². The Morgan fingerprint density at radius 1 is 1.29 bits per heavy atom. The summed E-state index contributed by atoms with van der Waals surface area (Å²) in [6.45, 7) is 0. The number of thioether (sulfide) groups is 1. The summed E-state index contributed by atoms with van der Waals surface area (Å²) in [5.74, 6) is 2.50. The number of rotatable bonds is 4. The Balaban J connectivity index is 1.55. The summed E-state index contributed by atoms with van der Waals surface area (Å²) < 4.78 is 5.26. The summed E-state index contributed by atoms with van der Waals surface area (Å²) in [5.41, 5.74) is 3.02. The van der Waals surface area contributed by atoms with Gasteiger partial charge in [0.25, 0.3) is 0 Å². The van der Waals surface area contributed by atoms with Gasteiger partial charge in [-0.05, 0) is 61.0 Å². The Morgan fingerprint density at radius 3 is 2.92 bits per heavy atom. The Labute approximate surface area is 149 Å². The highest BCUT2D eigenvalue weighted by Crippen LogP contribution is 2.62. The maximum Gasteiger partial charge on any atom is 0.149 e. The van der Waals surface area contributed by atoms with E-state index in [0.29, 0.717) is 17.6 Å². The first-order chi connectivity index (χ1) is 11.7. The molecule has 1 spiro atoms. The van der Waals surface area contributed by atoms with Gasteiger partial charge < -0.3 is 4.74 Å². The summed E-state index contributed by atoms with van der Waals surface area (Å²) in [6, 6.07) is 10.6. The number of benzene rings is 1. The van der Waals surface area contributed by atoms with Crippen LogP contribution in [0.15, 0.2) is 42.2 Å². The Kier molecular flexibility index (Phi) is 4.46. The molecule has 4 saturated carbocycles. The van der Waals surface area contributed by atoms with Crippen molar-refractivity contribution in [2.75, 3.05) is 7.11 Å². The van der Waals surface area contributed by atoms with Gasteiger partial charge in [0.2, 0.25) is 0 Å². The predicted octanol–water partition coefficient (Wildman–Crippen LogP) is 4.99. The van der Waals surface area contributed by atoms with Crippen molar-refractivity contribution >= 4 is 17.5 Å². The highest BCUT2D eigenvalue weighted by molar-refractivity contribution is 7.99. The molecule has 4 aliphatic rings. The zero-order chi connectivity index (χ0) is 16.6. The van der Waals surface area contributed by atoms with Crippen molar-refractivity contribution in [2.24, 2.45) is 17.3 Å². The van der Waals surface area contributed by atoms with Gasteiger partial charge in [0.15, 0.2) is 0 Å². The zero-order valence-electron chi connectivity index (χ0n) is 14.4. The van der Waals surface area contributed by atoms with E-state index in [4.69, 9.17) is 4.74 Å². The van der Waals surface area contributed by atoms with Crippen LogP contribution < -0.4 is 0 Å². The third-order valence-electron chi connectivity index (χ3n) is 6.49. The van der Waals surface area contributed by atoms with Crippen molar-refractivity contribution in [3.63, 3.8) is 0 Å². The number of fused-ring (bicyclic) bond motifs is 2. The van der Waals surface area contributed by atoms with E-state index >= 15 is 0 Å². The molecule has 128 valence electrons. The van der Waals surface area contributed by atoms with Crippen molar-refractivity contribution in [2.45, 2.75) is 49.5 Å². The molecule has 1 aromatic carbocycles. The number of carbonyl (C=O) groups is 1. The monoisotopic (exact) mass is 342 g/mol. The lowest BCUT2D eigenvalue weighted by Crippen LogP contribution is -2.57. The van der Waals surface area contributed by atoms with Crippen LogP contribution in [0.4, 0.5) is 0 Å².